The molecule has 88 valence electrons. The molecule has 1 aliphatic rings. The van der Waals surface area contributed by atoms with Crippen molar-refractivity contribution in [1.82, 2.24) is 5.16 Å². The van der Waals surface area contributed by atoms with E-state index in [0.717, 1.165) is 0 Å². The number of aliphatic hydroxyl groups excluding tert-OH is 1. The van der Waals surface area contributed by atoms with Gasteiger partial charge in [0.25, 0.3) is 0 Å². The molecule has 1 fully saturated rings. The van der Waals surface area contributed by atoms with Crippen molar-refractivity contribution in [3.63, 3.8) is 0 Å². The van der Waals surface area contributed by atoms with Crippen LogP contribution in [0.5, 0.6) is 0 Å². The van der Waals surface area contributed by atoms with Crippen LogP contribution in [0.15, 0.2) is 22.7 Å². The summed E-state index contributed by atoms with van der Waals surface area (Å²) >= 11 is 0. The minimum Gasteiger partial charge on any atom is -0.478 e. The van der Waals surface area contributed by atoms with E-state index in [1.807, 2.05) is 0 Å². The molecule has 0 aliphatic carbocycles. The van der Waals surface area contributed by atoms with Crippen LogP contribution >= 0.6 is 0 Å². The molecule has 0 bridgehead atoms. The van der Waals surface area contributed by atoms with E-state index >= 15 is 0 Å². The van der Waals surface area contributed by atoms with Gasteiger partial charge in [0.15, 0.2) is 11.4 Å². The van der Waals surface area contributed by atoms with E-state index in [-0.39, 0.29) is 11.7 Å². The molecule has 17 heavy (non-hydrogen) atoms. The third-order valence-electron chi connectivity index (χ3n) is 2.87. The summed E-state index contributed by atoms with van der Waals surface area (Å²) in [4.78, 5) is 12.9. The lowest BCUT2D eigenvalue weighted by Crippen LogP contribution is -2.51. The predicted octanol–water partition coefficient (Wildman–Crippen LogP) is 0.707. The van der Waals surface area contributed by atoms with Gasteiger partial charge in [-0.1, -0.05) is 11.2 Å². The number of aromatic carboxylic acids is 1. The first kappa shape index (κ1) is 10.1. The average molecular weight is 234 g/mol. The second-order valence-electron chi connectivity index (χ2n) is 4.05. The third kappa shape index (κ3) is 1.45. The number of aromatic nitrogens is 1. The number of benzene rings is 1. The van der Waals surface area contributed by atoms with Crippen molar-refractivity contribution in [1.29, 1.82) is 0 Å². The molecular weight excluding hydrogens is 224 g/mol. The van der Waals surface area contributed by atoms with Gasteiger partial charge in [-0.05, 0) is 12.1 Å². The molecular formula is C11H10N2O4. The molecule has 1 aromatic carbocycles. The van der Waals surface area contributed by atoms with Crippen molar-refractivity contribution in [2.75, 3.05) is 18.0 Å². The maximum Gasteiger partial charge on any atom is 0.336 e. The number of carboxylic acids is 1. The molecule has 0 radical (unpaired) electrons. The Labute approximate surface area is 96.0 Å². The molecule has 0 saturated carbocycles. The Balaban J connectivity index is 2.16. The lowest BCUT2D eigenvalue weighted by Gasteiger charge is -2.35. The Kier molecular flexibility index (Phi) is 2.05. The third-order valence-corrected chi connectivity index (χ3v) is 2.87. The van der Waals surface area contributed by atoms with Gasteiger partial charge in [-0.3, -0.25) is 0 Å². The smallest absolute Gasteiger partial charge is 0.336 e. The molecule has 2 aromatic rings. The van der Waals surface area contributed by atoms with E-state index in [4.69, 9.17) is 9.63 Å². The minimum absolute atomic E-state index is 0.167. The number of rotatable bonds is 2. The quantitative estimate of drug-likeness (QED) is 0.795. The van der Waals surface area contributed by atoms with Crippen molar-refractivity contribution in [2.45, 2.75) is 6.10 Å². The summed E-state index contributed by atoms with van der Waals surface area (Å²) in [5.74, 6) is -0.524. The fourth-order valence-electron chi connectivity index (χ4n) is 2.00. The van der Waals surface area contributed by atoms with Crippen LogP contribution < -0.4 is 4.90 Å². The number of β-amino-alcohol motifs (C(OH)–C–C–N with tert-alkyl or cyclic N) is 1. The fourth-order valence-corrected chi connectivity index (χ4v) is 2.00. The molecule has 1 aromatic heterocycles. The summed E-state index contributed by atoms with van der Waals surface area (Å²) in [7, 11) is 0. The zero-order chi connectivity index (χ0) is 12.0. The van der Waals surface area contributed by atoms with Crippen molar-refractivity contribution in [3.05, 3.63) is 23.8 Å². The molecule has 1 aliphatic heterocycles. The number of anilines is 1. The second kappa shape index (κ2) is 3.46. The summed E-state index contributed by atoms with van der Waals surface area (Å²) in [6.07, 6.45) is -0.376. The number of aliphatic hydroxyl groups is 1. The van der Waals surface area contributed by atoms with E-state index in [2.05, 4.69) is 5.16 Å². The van der Waals surface area contributed by atoms with Crippen LogP contribution in [0.1, 0.15) is 10.4 Å². The van der Waals surface area contributed by atoms with E-state index in [0.29, 0.717) is 29.9 Å². The first-order chi connectivity index (χ1) is 8.16. The number of hydrogen-bond donors (Lipinski definition) is 2. The van der Waals surface area contributed by atoms with Crippen molar-refractivity contribution in [2.24, 2.45) is 0 Å². The first-order valence-electron chi connectivity index (χ1n) is 5.21. The number of fused-ring (bicyclic) bond motifs is 1. The highest BCUT2D eigenvalue weighted by atomic mass is 16.5. The van der Waals surface area contributed by atoms with Crippen LogP contribution in [0.3, 0.4) is 0 Å². The zero-order valence-electron chi connectivity index (χ0n) is 8.83. The first-order valence-corrected chi connectivity index (χ1v) is 5.21. The van der Waals surface area contributed by atoms with E-state index in [1.165, 1.54) is 6.07 Å². The highest BCUT2D eigenvalue weighted by molar-refractivity contribution is 6.06. The summed E-state index contributed by atoms with van der Waals surface area (Å²) in [5.41, 5.74) is 0.612. The maximum atomic E-state index is 11.1. The van der Waals surface area contributed by atoms with Gasteiger partial charge in [0.1, 0.15) is 0 Å². The molecule has 3 rings (SSSR count). The molecule has 1 saturated heterocycles. The molecule has 0 spiro atoms. The highest BCUT2D eigenvalue weighted by Gasteiger charge is 2.30. The Morgan fingerprint density at radius 2 is 2.24 bits per heavy atom. The van der Waals surface area contributed by atoms with Crippen molar-refractivity contribution < 1.29 is 19.5 Å². The number of carboxylic acid groups (broad SMARTS) is 1. The topological polar surface area (TPSA) is 86.8 Å². The number of carbonyl (C=O) groups is 1. The van der Waals surface area contributed by atoms with Gasteiger partial charge in [0.05, 0.1) is 17.1 Å². The molecule has 2 N–H and O–H groups in total. The Hall–Kier alpha value is -2.08. The lowest BCUT2D eigenvalue weighted by atomic mass is 10.1. The van der Waals surface area contributed by atoms with Crippen molar-refractivity contribution in [3.8, 4) is 0 Å². The van der Waals surface area contributed by atoms with Crippen LogP contribution in [-0.2, 0) is 0 Å². The van der Waals surface area contributed by atoms with Crippen LogP contribution in [0.2, 0.25) is 0 Å². The zero-order valence-corrected chi connectivity index (χ0v) is 8.83. The monoisotopic (exact) mass is 234 g/mol. The summed E-state index contributed by atoms with van der Waals surface area (Å²) in [5, 5.41) is 22.7. The van der Waals surface area contributed by atoms with Crippen molar-refractivity contribution >= 4 is 22.8 Å². The molecule has 2 heterocycles. The summed E-state index contributed by atoms with van der Waals surface area (Å²) in [6.45, 7) is 0.908. The molecule has 6 nitrogen and oxygen atoms in total. The van der Waals surface area contributed by atoms with Gasteiger partial charge in [0.2, 0.25) is 0 Å². The normalized spacial score (nSPS) is 16.2. The standard InChI is InChI=1S/C11H10N2O4/c14-6-4-13(5-6)10-9-7(11(15)16)2-1-3-8(9)17-12-10/h1-3,6,14H,4-5H2,(H,15,16). The Bertz CT molecular complexity index is 586. The van der Waals surface area contributed by atoms with Crippen LogP contribution in [0, 0.1) is 0 Å². The Morgan fingerprint density at radius 1 is 1.47 bits per heavy atom. The molecule has 0 amide bonds. The number of hydrogen-bond acceptors (Lipinski definition) is 5. The van der Waals surface area contributed by atoms with Gasteiger partial charge in [-0.15, -0.1) is 0 Å². The molecule has 0 unspecified atom stereocenters. The SMILES string of the molecule is O=C(O)c1cccc2onc(N3CC(O)C3)c12. The van der Waals surface area contributed by atoms with Crippen LogP contribution in [0.4, 0.5) is 5.82 Å². The van der Waals surface area contributed by atoms with Gasteiger partial charge in [-0.2, -0.15) is 0 Å². The fraction of sp³-hybridized carbons (Fsp3) is 0.273. The molecule has 6 heteroatoms. The summed E-state index contributed by atoms with van der Waals surface area (Å²) in [6, 6.07) is 4.81. The summed E-state index contributed by atoms with van der Waals surface area (Å²) < 4.78 is 5.10. The minimum atomic E-state index is -1.01. The lowest BCUT2D eigenvalue weighted by molar-refractivity contribution is 0.0699. The van der Waals surface area contributed by atoms with Gasteiger partial charge >= 0.3 is 5.97 Å². The van der Waals surface area contributed by atoms with E-state index in [1.54, 1.807) is 17.0 Å². The second-order valence-corrected chi connectivity index (χ2v) is 4.05. The van der Waals surface area contributed by atoms with Gasteiger partial charge in [0, 0.05) is 13.1 Å². The van der Waals surface area contributed by atoms with Gasteiger partial charge < -0.3 is 19.6 Å². The van der Waals surface area contributed by atoms with Gasteiger partial charge in [-0.25, -0.2) is 4.79 Å². The van der Waals surface area contributed by atoms with Crippen LogP contribution in [0.25, 0.3) is 11.0 Å². The molecule has 0 atom stereocenters. The van der Waals surface area contributed by atoms with E-state index < -0.39 is 5.97 Å². The average Bonchev–Trinajstić information content (AvgIpc) is 2.67. The van der Waals surface area contributed by atoms with Crippen LogP contribution in [-0.4, -0.2) is 40.5 Å². The predicted molar refractivity (Wildman–Crippen MR) is 59.2 cm³/mol. The Morgan fingerprint density at radius 3 is 2.88 bits per heavy atom. The van der Waals surface area contributed by atoms with E-state index in [9.17, 15) is 9.90 Å². The number of nitrogens with zero attached hydrogens (tertiary/aromatic N) is 2. The largest absolute Gasteiger partial charge is 0.478 e. The highest BCUT2D eigenvalue weighted by Crippen LogP contribution is 2.31. The maximum absolute atomic E-state index is 11.1.